The van der Waals surface area contributed by atoms with E-state index in [0.29, 0.717) is 0 Å². The van der Waals surface area contributed by atoms with Crippen LogP contribution in [0.3, 0.4) is 0 Å². The third kappa shape index (κ3) is 10.0. The van der Waals surface area contributed by atoms with Gasteiger partial charge in [-0.2, -0.15) is 0 Å². The minimum absolute atomic E-state index is 1.06. The Labute approximate surface area is 604 Å². The first-order valence-corrected chi connectivity index (χ1v) is 37.0. The molecule has 0 bridgehead atoms. The molecule has 104 heavy (non-hydrogen) atoms. The van der Waals surface area contributed by atoms with E-state index in [9.17, 15) is 0 Å². The molecule has 0 amide bonds. The molecule has 19 aromatic rings. The quantitative estimate of drug-likeness (QED) is 0.133. The summed E-state index contributed by atoms with van der Waals surface area (Å²) in [6.07, 6.45) is 29.0. The van der Waals surface area contributed by atoms with Crippen LogP contribution in [0.2, 0.25) is 0 Å². The van der Waals surface area contributed by atoms with E-state index >= 15 is 0 Å². The maximum absolute atomic E-state index is 2.38. The number of rotatable bonds is 0. The van der Waals surface area contributed by atoms with Gasteiger partial charge in [-0.05, 0) is 281 Å². The van der Waals surface area contributed by atoms with Crippen molar-refractivity contribution < 1.29 is 0 Å². The van der Waals surface area contributed by atoms with Crippen molar-refractivity contribution in [3.05, 3.63) is 388 Å². The normalized spacial score (nSPS) is 13.5. The lowest BCUT2D eigenvalue weighted by atomic mass is 9.93. The van der Waals surface area contributed by atoms with Crippen LogP contribution in [0.15, 0.2) is 322 Å². The first-order valence-electron chi connectivity index (χ1n) is 37.0. The topological polar surface area (TPSA) is 0 Å². The lowest BCUT2D eigenvalue weighted by Gasteiger charge is -2.10. The molecular weight excluding hydrogens is 1250 g/mol. The van der Waals surface area contributed by atoms with Gasteiger partial charge >= 0.3 is 0 Å². The molecular formula is C104H70. The molecule has 0 heteroatoms. The van der Waals surface area contributed by atoms with Crippen LogP contribution in [0, 0.1) is 0 Å². The van der Waals surface area contributed by atoms with E-state index in [-0.39, 0.29) is 0 Å². The number of fused-ring (bicyclic) bond motifs is 32. The summed E-state index contributed by atoms with van der Waals surface area (Å²) in [4.78, 5) is 0. The van der Waals surface area contributed by atoms with Crippen LogP contribution >= 0.6 is 0 Å². The monoisotopic (exact) mass is 1320 g/mol. The van der Waals surface area contributed by atoms with E-state index in [2.05, 4.69) is 352 Å². The molecule has 0 saturated carbocycles. The molecule has 0 spiro atoms. The Kier molecular flexibility index (Phi) is 14.2. The van der Waals surface area contributed by atoms with E-state index in [1.54, 1.807) is 0 Å². The summed E-state index contributed by atoms with van der Waals surface area (Å²) < 4.78 is 0. The first-order chi connectivity index (χ1) is 51.5. The number of allylic oxidation sites excluding steroid dienone is 5. The van der Waals surface area contributed by atoms with E-state index in [0.717, 1.165) is 38.5 Å². The van der Waals surface area contributed by atoms with Gasteiger partial charge in [0, 0.05) is 0 Å². The van der Waals surface area contributed by atoms with Gasteiger partial charge in [0.05, 0.1) is 0 Å². The van der Waals surface area contributed by atoms with Crippen LogP contribution in [0.4, 0.5) is 0 Å². The standard InChI is InChI=1S/4C21H14.C20H14/c2*1-2-7-18-14(4-1)8-10-20-19(18)11-9-17-12-15-5-3-6-16(15)13-21(17)20;2*1-2-6-16-14(4-1)8-10-20-18(16)12-13-19-17-7-3-5-15(17)9-11-21(19)20;1-2-5-15-11-19-16(10-14(15)4-1)12-20-17-7-3-6-13(17)8-9-18(19)20/h1-4,6-13H,5H2;1-5,7-13H,6H2;1-4,6-13H,5H2;1-6,8-13H,7H2;1-5,7-11H,6,12H2. The molecule has 0 saturated heterocycles. The van der Waals surface area contributed by atoms with Gasteiger partial charge < -0.3 is 0 Å². The Morgan fingerprint density at radius 2 is 0.529 bits per heavy atom. The third-order valence-electron chi connectivity index (χ3n) is 23.3. The average Bonchev–Trinajstić information content (AvgIpc) is 1.17. The first kappa shape index (κ1) is 60.1. The number of hydrogen-bond donors (Lipinski definition) is 0. The van der Waals surface area contributed by atoms with Gasteiger partial charge in [0.15, 0.2) is 0 Å². The van der Waals surface area contributed by atoms with Crippen LogP contribution in [-0.4, -0.2) is 0 Å². The van der Waals surface area contributed by atoms with E-state index in [1.807, 2.05) is 0 Å². The van der Waals surface area contributed by atoms with Crippen molar-refractivity contribution in [2.45, 2.75) is 38.5 Å². The van der Waals surface area contributed by atoms with Gasteiger partial charge in [-0.1, -0.05) is 328 Å². The summed E-state index contributed by atoms with van der Waals surface area (Å²) in [6.45, 7) is 0. The molecule has 0 atom stereocenters. The molecule has 0 nitrogen and oxygen atoms in total. The Balaban J connectivity index is 0.0000000840. The predicted octanol–water partition coefficient (Wildman–Crippen LogP) is 27.8. The summed E-state index contributed by atoms with van der Waals surface area (Å²) in [7, 11) is 0. The lowest BCUT2D eigenvalue weighted by Crippen LogP contribution is -1.89. The summed E-state index contributed by atoms with van der Waals surface area (Å²) >= 11 is 0. The van der Waals surface area contributed by atoms with Crippen LogP contribution in [0.25, 0.3) is 182 Å². The van der Waals surface area contributed by atoms with Crippen LogP contribution < -0.4 is 0 Å². The molecule has 486 valence electrons. The Morgan fingerprint density at radius 3 is 1.13 bits per heavy atom. The molecule has 19 aromatic carbocycles. The number of hydrogen-bond acceptors (Lipinski definition) is 0. The zero-order chi connectivity index (χ0) is 68.3. The van der Waals surface area contributed by atoms with E-state index in [4.69, 9.17) is 0 Å². The molecule has 0 fully saturated rings. The van der Waals surface area contributed by atoms with Crippen LogP contribution in [0.1, 0.15) is 66.8 Å². The Bertz CT molecular complexity index is 6920. The second-order valence-electron chi connectivity index (χ2n) is 29.0. The average molecular weight is 1320 g/mol. The van der Waals surface area contributed by atoms with E-state index in [1.165, 1.54) is 218 Å². The van der Waals surface area contributed by atoms with Gasteiger partial charge in [-0.25, -0.2) is 0 Å². The summed E-state index contributed by atoms with van der Waals surface area (Å²) in [5.41, 5.74) is 20.2. The summed E-state index contributed by atoms with van der Waals surface area (Å²) in [5, 5.41) is 35.1. The van der Waals surface area contributed by atoms with Crippen LogP contribution in [-0.2, 0) is 38.5 Å². The van der Waals surface area contributed by atoms with Crippen molar-refractivity contribution in [1.82, 2.24) is 0 Å². The minimum Gasteiger partial charge on any atom is -0.0795 e. The van der Waals surface area contributed by atoms with Gasteiger partial charge in [0.2, 0.25) is 0 Å². The van der Waals surface area contributed by atoms with Crippen molar-refractivity contribution in [3.8, 4) is 11.1 Å². The fourth-order valence-corrected chi connectivity index (χ4v) is 18.2. The van der Waals surface area contributed by atoms with Crippen LogP contribution in [0.5, 0.6) is 0 Å². The highest BCUT2D eigenvalue weighted by Gasteiger charge is 2.24. The largest absolute Gasteiger partial charge is 0.0795 e. The molecule has 0 heterocycles. The van der Waals surface area contributed by atoms with Crippen molar-refractivity contribution >= 4 is 170 Å². The van der Waals surface area contributed by atoms with Crippen molar-refractivity contribution in [2.75, 3.05) is 0 Å². The van der Waals surface area contributed by atoms with Gasteiger partial charge in [-0.15, -0.1) is 0 Å². The number of benzene rings is 19. The molecule has 0 radical (unpaired) electrons. The minimum atomic E-state index is 1.06. The summed E-state index contributed by atoms with van der Waals surface area (Å²) in [5.74, 6) is 0. The molecule has 0 unspecified atom stereocenters. The molecule has 25 rings (SSSR count). The second-order valence-corrected chi connectivity index (χ2v) is 29.0. The zero-order valence-electron chi connectivity index (χ0n) is 57.7. The Hall–Kier alpha value is -12.7. The second kappa shape index (κ2) is 24.5. The SMILES string of the molecule is C1=Cc2c(ccc3c2Cc2cc4ccccc4cc2-3)C1.C1=Cc2c(ccc3c2ccc2c4ccccc4ccc32)C1.C1=Cc2cc3c(ccc4c5ccccc5ccc34)cc2C1.C1=Cc2cc3ccc4c5ccccc5ccc4c3cc2C1.C1=Cc2ccc3c(ccc4c5ccccc5ccc34)c2C1. The molecule has 0 aliphatic heterocycles. The fourth-order valence-electron chi connectivity index (χ4n) is 18.2. The van der Waals surface area contributed by atoms with Gasteiger partial charge in [0.1, 0.15) is 0 Å². The highest BCUT2D eigenvalue weighted by molar-refractivity contribution is 6.22. The molecule has 0 N–H and O–H groups in total. The van der Waals surface area contributed by atoms with E-state index < -0.39 is 0 Å². The molecule has 6 aliphatic rings. The smallest absolute Gasteiger partial charge is 0.000718 e. The highest BCUT2D eigenvalue weighted by atomic mass is 14.3. The maximum atomic E-state index is 2.38. The molecule has 6 aliphatic carbocycles. The fraction of sp³-hybridized carbons (Fsp3) is 0.0577. The van der Waals surface area contributed by atoms with Crippen molar-refractivity contribution in [2.24, 2.45) is 0 Å². The third-order valence-corrected chi connectivity index (χ3v) is 23.3. The lowest BCUT2D eigenvalue weighted by molar-refractivity contribution is 1.23. The van der Waals surface area contributed by atoms with Crippen molar-refractivity contribution in [3.63, 3.8) is 0 Å². The Morgan fingerprint density at radius 1 is 0.163 bits per heavy atom. The predicted molar refractivity (Wildman–Crippen MR) is 452 cm³/mol. The van der Waals surface area contributed by atoms with Gasteiger partial charge in [-0.3, -0.25) is 0 Å². The molecule has 0 aromatic heterocycles. The summed E-state index contributed by atoms with van der Waals surface area (Å²) in [6, 6.07) is 107. The maximum Gasteiger partial charge on any atom is -0.000718 e. The van der Waals surface area contributed by atoms with Gasteiger partial charge in [0.25, 0.3) is 0 Å². The highest BCUT2D eigenvalue weighted by Crippen LogP contribution is 2.45. The van der Waals surface area contributed by atoms with Crippen molar-refractivity contribution in [1.29, 1.82) is 0 Å². The zero-order valence-corrected chi connectivity index (χ0v) is 57.7.